The van der Waals surface area contributed by atoms with Crippen molar-refractivity contribution in [3.05, 3.63) is 56.5 Å². The molecular weight excluding hydrogens is 283 g/mol. The van der Waals surface area contributed by atoms with Gasteiger partial charge in [0.1, 0.15) is 11.5 Å². The number of aryl methyl sites for hydroxylation is 2. The molecule has 19 heavy (non-hydrogen) atoms. The van der Waals surface area contributed by atoms with Crippen molar-refractivity contribution in [2.45, 2.75) is 27.2 Å². The summed E-state index contributed by atoms with van der Waals surface area (Å²) in [4.78, 5) is 12.4. The fourth-order valence-corrected chi connectivity index (χ4v) is 2.68. The van der Waals surface area contributed by atoms with E-state index in [1.54, 1.807) is 25.1 Å². The highest BCUT2D eigenvalue weighted by Gasteiger charge is 2.20. The van der Waals surface area contributed by atoms with Crippen LogP contribution in [0.15, 0.2) is 22.6 Å². The predicted octanol–water partition coefficient (Wildman–Crippen LogP) is 4.94. The minimum Gasteiger partial charge on any atom is -0.466 e. The molecule has 1 heterocycles. The van der Waals surface area contributed by atoms with Crippen LogP contribution >= 0.6 is 23.2 Å². The van der Waals surface area contributed by atoms with Gasteiger partial charge in [-0.1, -0.05) is 29.3 Å². The Kier molecular flexibility index (Phi) is 4.02. The van der Waals surface area contributed by atoms with Crippen LogP contribution in [0.5, 0.6) is 0 Å². The molecule has 0 saturated carbocycles. The first-order valence-corrected chi connectivity index (χ1v) is 6.70. The molecule has 0 N–H and O–H groups in total. The maximum Gasteiger partial charge on any atom is 0.171 e. The molecule has 2 nitrogen and oxygen atoms in total. The van der Waals surface area contributed by atoms with Gasteiger partial charge >= 0.3 is 0 Å². The largest absolute Gasteiger partial charge is 0.466 e. The highest BCUT2D eigenvalue weighted by Crippen LogP contribution is 2.28. The van der Waals surface area contributed by atoms with Crippen LogP contribution in [-0.2, 0) is 6.42 Å². The van der Waals surface area contributed by atoms with E-state index in [0.29, 0.717) is 26.9 Å². The van der Waals surface area contributed by atoms with Gasteiger partial charge in [-0.3, -0.25) is 4.79 Å². The second-order valence-electron chi connectivity index (χ2n) is 4.51. The van der Waals surface area contributed by atoms with Gasteiger partial charge in [0.2, 0.25) is 0 Å². The summed E-state index contributed by atoms with van der Waals surface area (Å²) in [5.41, 5.74) is 2.17. The monoisotopic (exact) mass is 296 g/mol. The molecule has 1 aromatic heterocycles. The molecule has 0 aliphatic rings. The highest BCUT2D eigenvalue weighted by molar-refractivity contribution is 6.36. The maximum atomic E-state index is 12.4. The molecule has 100 valence electrons. The van der Waals surface area contributed by atoms with Crippen LogP contribution in [0.4, 0.5) is 0 Å². The summed E-state index contributed by atoms with van der Waals surface area (Å²) in [6.45, 7) is 5.52. The molecule has 2 rings (SSSR count). The van der Waals surface area contributed by atoms with E-state index >= 15 is 0 Å². The van der Waals surface area contributed by atoms with Crippen molar-refractivity contribution in [2.75, 3.05) is 0 Å². The Labute approximate surface area is 122 Å². The molecule has 0 fully saturated rings. The van der Waals surface area contributed by atoms with Crippen molar-refractivity contribution in [3.63, 3.8) is 0 Å². The van der Waals surface area contributed by atoms with E-state index in [1.807, 2.05) is 13.8 Å². The average molecular weight is 297 g/mol. The molecule has 0 unspecified atom stereocenters. The van der Waals surface area contributed by atoms with Gasteiger partial charge in [-0.25, -0.2) is 0 Å². The molecule has 0 atom stereocenters. The first-order chi connectivity index (χ1) is 8.91. The van der Waals surface area contributed by atoms with E-state index in [0.717, 1.165) is 11.3 Å². The molecule has 0 saturated heterocycles. The smallest absolute Gasteiger partial charge is 0.171 e. The van der Waals surface area contributed by atoms with Crippen molar-refractivity contribution in [1.82, 2.24) is 0 Å². The van der Waals surface area contributed by atoms with E-state index in [9.17, 15) is 4.79 Å². The Morgan fingerprint density at radius 2 is 1.68 bits per heavy atom. The van der Waals surface area contributed by atoms with Crippen LogP contribution in [0.3, 0.4) is 0 Å². The average Bonchev–Trinajstić information content (AvgIpc) is 2.58. The van der Waals surface area contributed by atoms with E-state index in [-0.39, 0.29) is 12.2 Å². The minimum absolute atomic E-state index is 0.0261. The second kappa shape index (κ2) is 5.40. The van der Waals surface area contributed by atoms with E-state index in [1.165, 1.54) is 0 Å². The van der Waals surface area contributed by atoms with Crippen LogP contribution < -0.4 is 0 Å². The zero-order valence-electron chi connectivity index (χ0n) is 11.0. The fourth-order valence-electron chi connectivity index (χ4n) is 2.15. The molecule has 1 aromatic carbocycles. The first kappa shape index (κ1) is 14.2. The minimum atomic E-state index is -0.0261. The Hall–Kier alpha value is -1.25. The lowest BCUT2D eigenvalue weighted by Gasteiger charge is -2.06. The number of Topliss-reactive ketones (excluding diaryl/α,β-unsaturated/α-hetero) is 1. The van der Waals surface area contributed by atoms with Crippen molar-refractivity contribution < 1.29 is 9.21 Å². The van der Waals surface area contributed by atoms with Crippen LogP contribution in [-0.4, -0.2) is 5.78 Å². The number of furan rings is 1. The number of carbonyl (C=O) groups is 1. The Morgan fingerprint density at radius 3 is 2.16 bits per heavy atom. The zero-order chi connectivity index (χ0) is 14.2. The first-order valence-electron chi connectivity index (χ1n) is 5.94. The predicted molar refractivity (Wildman–Crippen MR) is 77.4 cm³/mol. The lowest BCUT2D eigenvalue weighted by atomic mass is 10.00. The number of ketones is 1. The molecule has 0 aliphatic carbocycles. The van der Waals surface area contributed by atoms with E-state index < -0.39 is 0 Å². The third-order valence-electron chi connectivity index (χ3n) is 3.24. The number of hydrogen-bond acceptors (Lipinski definition) is 2. The fraction of sp³-hybridized carbons (Fsp3) is 0.267. The zero-order valence-corrected chi connectivity index (χ0v) is 12.5. The molecule has 0 radical (unpaired) electrons. The van der Waals surface area contributed by atoms with Crippen molar-refractivity contribution in [2.24, 2.45) is 0 Å². The Bertz CT molecular complexity index is 622. The number of rotatable bonds is 3. The molecule has 0 bridgehead atoms. The summed E-state index contributed by atoms with van der Waals surface area (Å²) in [6.07, 6.45) is 0.180. The Morgan fingerprint density at radius 1 is 1.11 bits per heavy atom. The summed E-state index contributed by atoms with van der Waals surface area (Å²) in [5.74, 6) is 1.39. The van der Waals surface area contributed by atoms with Gasteiger partial charge < -0.3 is 4.42 Å². The van der Waals surface area contributed by atoms with Crippen LogP contribution in [0.1, 0.15) is 33.0 Å². The quantitative estimate of drug-likeness (QED) is 0.751. The normalized spacial score (nSPS) is 10.8. The summed E-state index contributed by atoms with van der Waals surface area (Å²) in [5, 5.41) is 1.02. The highest BCUT2D eigenvalue weighted by atomic mass is 35.5. The number of hydrogen-bond donors (Lipinski definition) is 0. The van der Waals surface area contributed by atoms with E-state index in [2.05, 4.69) is 0 Å². The second-order valence-corrected chi connectivity index (χ2v) is 5.33. The SMILES string of the molecule is Cc1oc(C)c(C(=O)Cc2c(Cl)cccc2Cl)c1C. The van der Waals surface area contributed by atoms with Gasteiger partial charge in [-0.05, 0) is 38.5 Å². The molecule has 0 aliphatic heterocycles. The standard InChI is InChI=1S/C15H14Cl2O2/c1-8-9(2)19-10(3)15(8)14(18)7-11-12(16)5-4-6-13(11)17/h4-6H,7H2,1-3H3. The van der Waals surface area contributed by atoms with Crippen molar-refractivity contribution in [1.29, 1.82) is 0 Å². The van der Waals surface area contributed by atoms with Crippen molar-refractivity contribution in [3.8, 4) is 0 Å². The van der Waals surface area contributed by atoms with Gasteiger partial charge in [0, 0.05) is 22.0 Å². The third-order valence-corrected chi connectivity index (χ3v) is 3.95. The summed E-state index contributed by atoms with van der Waals surface area (Å²) in [6, 6.07) is 5.23. The summed E-state index contributed by atoms with van der Waals surface area (Å²) in [7, 11) is 0. The molecule has 4 heteroatoms. The third kappa shape index (κ3) is 2.70. The maximum absolute atomic E-state index is 12.4. The van der Waals surface area contributed by atoms with Gasteiger partial charge in [0.05, 0.1) is 5.56 Å². The van der Waals surface area contributed by atoms with Crippen LogP contribution in [0.2, 0.25) is 10.0 Å². The van der Waals surface area contributed by atoms with Gasteiger partial charge in [-0.15, -0.1) is 0 Å². The summed E-state index contributed by atoms with van der Waals surface area (Å²) >= 11 is 12.2. The van der Waals surface area contributed by atoms with Gasteiger partial charge in [0.25, 0.3) is 0 Å². The number of halogens is 2. The van der Waals surface area contributed by atoms with E-state index in [4.69, 9.17) is 27.6 Å². The summed E-state index contributed by atoms with van der Waals surface area (Å²) < 4.78 is 5.48. The lowest BCUT2D eigenvalue weighted by Crippen LogP contribution is -2.06. The van der Waals surface area contributed by atoms with Crippen molar-refractivity contribution >= 4 is 29.0 Å². The molecule has 2 aromatic rings. The van der Waals surface area contributed by atoms with Crippen LogP contribution in [0.25, 0.3) is 0 Å². The number of carbonyl (C=O) groups excluding carboxylic acids is 1. The topological polar surface area (TPSA) is 30.2 Å². The molecule has 0 spiro atoms. The van der Waals surface area contributed by atoms with Gasteiger partial charge in [-0.2, -0.15) is 0 Å². The lowest BCUT2D eigenvalue weighted by molar-refractivity contribution is 0.0991. The Balaban J connectivity index is 2.36. The van der Waals surface area contributed by atoms with Gasteiger partial charge in [0.15, 0.2) is 5.78 Å². The molecule has 0 amide bonds. The van der Waals surface area contributed by atoms with Crippen LogP contribution in [0, 0.1) is 20.8 Å². The molecular formula is C15H14Cl2O2. The number of benzene rings is 1.